The molecule has 0 spiro atoms. The number of carbonyl (C=O) groups is 4. The van der Waals surface area contributed by atoms with E-state index in [1.165, 1.54) is 12.8 Å². The Balaban J connectivity index is 1.23. The van der Waals surface area contributed by atoms with Crippen molar-refractivity contribution in [3.05, 3.63) is 24.8 Å². The van der Waals surface area contributed by atoms with Gasteiger partial charge in [-0.25, -0.2) is 19.2 Å². The van der Waals surface area contributed by atoms with Gasteiger partial charge in [-0.05, 0) is 130 Å². The highest BCUT2D eigenvalue weighted by atomic mass is 16.6. The third kappa shape index (κ3) is 9.78. The van der Waals surface area contributed by atoms with E-state index in [0.29, 0.717) is 36.0 Å². The number of rotatable bonds is 17. The molecule has 0 aromatic carbocycles. The highest BCUT2D eigenvalue weighted by molar-refractivity contribution is 5.81. The van der Waals surface area contributed by atoms with Gasteiger partial charge in [0.2, 0.25) is 0 Å². The highest BCUT2D eigenvalue weighted by Crippen LogP contribution is 2.52. The average Bonchev–Trinajstić information content (AvgIpc) is 2.95. The van der Waals surface area contributed by atoms with E-state index >= 15 is 0 Å². The summed E-state index contributed by atoms with van der Waals surface area (Å²) in [5.74, 6) is 0.690. The topological polar surface area (TPSA) is 151 Å². The van der Waals surface area contributed by atoms with Crippen molar-refractivity contribution in [1.82, 2.24) is 10.6 Å². The predicted molar refractivity (Wildman–Crippen MR) is 183 cm³/mol. The van der Waals surface area contributed by atoms with Crippen LogP contribution in [-0.4, -0.2) is 58.6 Å². The molecule has 10 heteroatoms. The van der Waals surface area contributed by atoms with Crippen molar-refractivity contribution in [2.75, 3.05) is 0 Å². The van der Waals surface area contributed by atoms with Gasteiger partial charge in [0.25, 0.3) is 0 Å². The van der Waals surface area contributed by atoms with E-state index in [-0.39, 0.29) is 18.1 Å². The lowest BCUT2D eigenvalue weighted by molar-refractivity contribution is -0.143. The molecule has 0 saturated heterocycles. The fourth-order valence-electron chi connectivity index (χ4n) is 8.80. The molecule has 4 N–H and O–H groups in total. The number of carboxylic acids is 2. The summed E-state index contributed by atoms with van der Waals surface area (Å²) in [7, 11) is 0. The molecule has 0 aromatic heterocycles. The van der Waals surface area contributed by atoms with Crippen LogP contribution in [-0.2, 0) is 19.1 Å². The minimum absolute atomic E-state index is 0.163. The second-order valence-corrected chi connectivity index (χ2v) is 16.9. The highest BCUT2D eigenvalue weighted by Gasteiger charge is 2.48. The first-order chi connectivity index (χ1) is 22.6. The lowest BCUT2D eigenvalue weighted by Gasteiger charge is -2.50. The van der Waals surface area contributed by atoms with Crippen LogP contribution < -0.4 is 10.6 Å². The summed E-state index contributed by atoms with van der Waals surface area (Å²) < 4.78 is 11.7. The Morgan fingerprint density at radius 2 is 1.19 bits per heavy atom. The summed E-state index contributed by atoms with van der Waals surface area (Å²) in [5.41, 5.74) is -1.38. The first kappa shape index (κ1) is 37.8. The van der Waals surface area contributed by atoms with Crippen molar-refractivity contribution in [3.8, 4) is 0 Å². The first-order valence-corrected chi connectivity index (χ1v) is 18.2. The quantitative estimate of drug-likeness (QED) is 0.0906. The number of allylic oxidation sites excluding steroid dienone is 3. The van der Waals surface area contributed by atoms with Crippen molar-refractivity contribution in [2.24, 2.45) is 46.3 Å². The van der Waals surface area contributed by atoms with Crippen molar-refractivity contribution in [1.29, 1.82) is 0 Å². The monoisotopic (exact) mass is 672 g/mol. The van der Waals surface area contributed by atoms with Gasteiger partial charge in [0.15, 0.2) is 0 Å². The maximum Gasteiger partial charge on any atom is 0.408 e. The molecule has 0 aliphatic heterocycles. The Morgan fingerprint density at radius 3 is 1.62 bits per heavy atom. The molecule has 6 fully saturated rings. The van der Waals surface area contributed by atoms with Crippen LogP contribution in [0.3, 0.4) is 0 Å². The molecule has 0 aromatic rings. The number of amides is 2. The number of fused-ring (bicyclic) bond motifs is 4. The van der Waals surface area contributed by atoms with Gasteiger partial charge >= 0.3 is 24.1 Å². The van der Waals surface area contributed by atoms with E-state index < -0.39 is 47.0 Å². The molecule has 6 rings (SSSR count). The number of carboxylic acid groups (broad SMARTS) is 2. The van der Waals surface area contributed by atoms with Crippen LogP contribution in [0.5, 0.6) is 0 Å². The number of ether oxygens (including phenoxy) is 2. The van der Waals surface area contributed by atoms with Crippen LogP contribution in [0.1, 0.15) is 118 Å². The van der Waals surface area contributed by atoms with E-state index in [0.717, 1.165) is 64.2 Å². The van der Waals surface area contributed by atoms with Crippen LogP contribution in [0, 0.1) is 46.3 Å². The molecule has 270 valence electrons. The van der Waals surface area contributed by atoms with Gasteiger partial charge in [-0.15, -0.1) is 6.58 Å². The van der Waals surface area contributed by atoms with Gasteiger partial charge in [0.1, 0.15) is 24.3 Å². The summed E-state index contributed by atoms with van der Waals surface area (Å²) in [6.07, 6.45) is 16.7. The summed E-state index contributed by atoms with van der Waals surface area (Å²) in [6, 6.07) is -2.13. The van der Waals surface area contributed by atoms with Gasteiger partial charge in [-0.2, -0.15) is 0 Å². The Labute approximate surface area is 286 Å². The molecule has 6 aliphatic rings. The number of aliphatic carboxylic acids is 2. The molecule has 2 amide bonds. The normalized spacial score (nSPS) is 30.6. The summed E-state index contributed by atoms with van der Waals surface area (Å²) in [6.45, 7) is 12.8. The minimum atomic E-state index is -1.09. The summed E-state index contributed by atoms with van der Waals surface area (Å²) >= 11 is 0. The summed E-state index contributed by atoms with van der Waals surface area (Å²) in [4.78, 5) is 49.7. The van der Waals surface area contributed by atoms with Crippen LogP contribution in [0.2, 0.25) is 0 Å². The van der Waals surface area contributed by atoms with Gasteiger partial charge < -0.3 is 30.3 Å². The zero-order valence-electron chi connectivity index (χ0n) is 29.7. The molecular weight excluding hydrogens is 612 g/mol. The Morgan fingerprint density at radius 1 is 0.729 bits per heavy atom. The number of carbonyl (C=O) groups excluding carboxylic acids is 2. The number of nitrogens with one attached hydrogen (secondary N) is 2. The summed E-state index contributed by atoms with van der Waals surface area (Å²) in [5, 5.41) is 24.9. The Hall–Kier alpha value is -3.04. The van der Waals surface area contributed by atoms with Gasteiger partial charge in [0.05, 0.1) is 0 Å². The van der Waals surface area contributed by atoms with Gasteiger partial charge in [-0.1, -0.05) is 52.8 Å². The standard InChI is InChI=1S/C38H60N2O8/c1-7-8-11-14-27-25-17-23(18-25)21-29(27)48-36(46)40-32(34(43)44)38(5,6)16-13-10-9-12-15-28-26-19-24(20-26)22-30(28)47-35(45)39-31(33(41)42)37(2,3)4/h7,10,13,23-32H,1,8-9,11-12,14-22H2,2-6H3,(H,39,45)(H,40,46)(H,41,42)(H,43,44)/b13-10-/t23?,24?,25?,26?,27-,28+,29-,30+,31-,32-/m1/s1. The molecule has 10 nitrogen and oxygen atoms in total. The maximum atomic E-state index is 13.0. The van der Waals surface area contributed by atoms with Crippen LogP contribution in [0.15, 0.2) is 24.8 Å². The Kier molecular flexibility index (Phi) is 12.7. The van der Waals surface area contributed by atoms with E-state index in [2.05, 4.69) is 23.3 Å². The molecule has 0 unspecified atom stereocenters. The fourth-order valence-corrected chi connectivity index (χ4v) is 8.80. The van der Waals surface area contributed by atoms with E-state index in [9.17, 15) is 29.4 Å². The second kappa shape index (κ2) is 16.1. The zero-order chi connectivity index (χ0) is 35.2. The van der Waals surface area contributed by atoms with Crippen molar-refractivity contribution < 1.29 is 38.9 Å². The third-order valence-corrected chi connectivity index (χ3v) is 11.7. The van der Waals surface area contributed by atoms with Crippen molar-refractivity contribution in [3.63, 3.8) is 0 Å². The lowest BCUT2D eigenvalue weighted by Crippen LogP contribution is -2.53. The third-order valence-electron chi connectivity index (χ3n) is 11.7. The zero-order valence-corrected chi connectivity index (χ0v) is 29.7. The van der Waals surface area contributed by atoms with E-state index in [1.54, 1.807) is 20.8 Å². The van der Waals surface area contributed by atoms with E-state index in [4.69, 9.17) is 9.47 Å². The number of hydrogen-bond acceptors (Lipinski definition) is 6. The molecule has 6 atom stereocenters. The average molecular weight is 673 g/mol. The smallest absolute Gasteiger partial charge is 0.408 e. The minimum Gasteiger partial charge on any atom is -0.480 e. The number of unbranched alkanes of at least 4 members (excludes halogenated alkanes) is 2. The Bertz CT molecular complexity index is 1180. The largest absolute Gasteiger partial charge is 0.480 e. The lowest BCUT2D eigenvalue weighted by atomic mass is 9.58. The van der Waals surface area contributed by atoms with Gasteiger partial charge in [-0.3, -0.25) is 0 Å². The number of alkyl carbamates (subject to hydrolysis) is 2. The molecule has 0 radical (unpaired) electrons. The maximum absolute atomic E-state index is 13.0. The van der Waals surface area contributed by atoms with E-state index in [1.807, 2.05) is 26.0 Å². The molecule has 6 aliphatic carbocycles. The predicted octanol–water partition coefficient (Wildman–Crippen LogP) is 7.72. The van der Waals surface area contributed by atoms with Crippen molar-refractivity contribution >= 4 is 24.1 Å². The fraction of sp³-hybridized carbons (Fsp3) is 0.789. The van der Waals surface area contributed by atoms with Crippen LogP contribution in [0.4, 0.5) is 9.59 Å². The van der Waals surface area contributed by atoms with Crippen LogP contribution >= 0.6 is 0 Å². The molecule has 48 heavy (non-hydrogen) atoms. The van der Waals surface area contributed by atoms with Crippen molar-refractivity contribution in [2.45, 2.75) is 142 Å². The molecule has 0 heterocycles. The molecule has 6 saturated carbocycles. The SMILES string of the molecule is C=CCCC[C@@H]1C2CC(C2)C[C@H]1OC(=O)N[C@H](C(=O)O)C(C)(C)C/C=C\CCC[C@H]1C2CC(C2)C[C@@H]1OC(=O)N[C@H](C(=O)O)C(C)(C)C. The van der Waals surface area contributed by atoms with Gasteiger partial charge in [0, 0.05) is 0 Å². The number of hydrogen-bond donors (Lipinski definition) is 4. The first-order valence-electron chi connectivity index (χ1n) is 18.2. The van der Waals surface area contributed by atoms with Crippen LogP contribution in [0.25, 0.3) is 0 Å². The second-order valence-electron chi connectivity index (χ2n) is 16.9. The molecular formula is C38H60N2O8. The molecule has 4 bridgehead atoms.